The number of fused-ring (bicyclic) bond motifs is 1. The SMILES string of the molecule is CN1CCN(c2ccc(Nc3nc(C(F)(F)c4ccccc4)c4cc[nH]c4n3)cc2)CC1. The number of aromatic nitrogens is 3. The average Bonchev–Trinajstić information content (AvgIpc) is 3.29. The lowest BCUT2D eigenvalue weighted by Crippen LogP contribution is -2.44. The van der Waals surface area contributed by atoms with Crippen LogP contribution in [0.5, 0.6) is 0 Å². The Morgan fingerprint density at radius 1 is 0.906 bits per heavy atom. The third-order valence-electron chi connectivity index (χ3n) is 5.84. The summed E-state index contributed by atoms with van der Waals surface area (Å²) in [6, 6.07) is 17.2. The van der Waals surface area contributed by atoms with Gasteiger partial charge in [-0.1, -0.05) is 30.3 Å². The Hall–Kier alpha value is -3.52. The number of rotatable bonds is 5. The van der Waals surface area contributed by atoms with Crippen LogP contribution >= 0.6 is 0 Å². The average molecular weight is 434 g/mol. The van der Waals surface area contributed by atoms with E-state index in [2.05, 4.69) is 37.1 Å². The van der Waals surface area contributed by atoms with Crippen molar-refractivity contribution in [1.29, 1.82) is 0 Å². The molecule has 0 saturated carbocycles. The highest BCUT2D eigenvalue weighted by Crippen LogP contribution is 2.38. The molecule has 0 aliphatic carbocycles. The predicted molar refractivity (Wildman–Crippen MR) is 123 cm³/mol. The smallest absolute Gasteiger partial charge is 0.315 e. The third-order valence-corrected chi connectivity index (χ3v) is 5.84. The highest BCUT2D eigenvalue weighted by Gasteiger charge is 2.38. The summed E-state index contributed by atoms with van der Waals surface area (Å²) in [6.07, 6.45) is 1.60. The molecule has 0 atom stereocenters. The summed E-state index contributed by atoms with van der Waals surface area (Å²) in [5.74, 6) is -3.13. The van der Waals surface area contributed by atoms with Crippen LogP contribution in [-0.2, 0) is 5.92 Å². The number of likely N-dealkylation sites (N-methyl/N-ethyl adjacent to an activating group) is 1. The van der Waals surface area contributed by atoms with Gasteiger partial charge in [-0.3, -0.25) is 0 Å². The van der Waals surface area contributed by atoms with Crippen molar-refractivity contribution >= 4 is 28.4 Å². The van der Waals surface area contributed by atoms with E-state index < -0.39 is 5.92 Å². The van der Waals surface area contributed by atoms with Gasteiger partial charge >= 0.3 is 5.92 Å². The Morgan fingerprint density at radius 2 is 1.62 bits per heavy atom. The van der Waals surface area contributed by atoms with Crippen LogP contribution in [0, 0.1) is 0 Å². The topological polar surface area (TPSA) is 60.1 Å². The molecule has 0 spiro atoms. The van der Waals surface area contributed by atoms with Crippen LogP contribution in [-0.4, -0.2) is 53.1 Å². The molecule has 2 N–H and O–H groups in total. The number of benzene rings is 2. The lowest BCUT2D eigenvalue weighted by Gasteiger charge is -2.34. The van der Waals surface area contributed by atoms with E-state index in [1.165, 1.54) is 12.1 Å². The van der Waals surface area contributed by atoms with Crippen LogP contribution in [0.3, 0.4) is 0 Å². The maximum Gasteiger partial charge on any atom is 0.315 e. The van der Waals surface area contributed by atoms with Crippen LogP contribution in [0.4, 0.5) is 26.1 Å². The largest absolute Gasteiger partial charge is 0.369 e. The van der Waals surface area contributed by atoms with Gasteiger partial charge in [0, 0.05) is 54.7 Å². The number of piperazine rings is 1. The summed E-state index contributed by atoms with van der Waals surface area (Å²) in [7, 11) is 2.13. The maximum atomic E-state index is 15.4. The Morgan fingerprint density at radius 3 is 2.34 bits per heavy atom. The van der Waals surface area contributed by atoms with Crippen molar-refractivity contribution in [2.24, 2.45) is 0 Å². The van der Waals surface area contributed by atoms with Crippen molar-refractivity contribution in [2.45, 2.75) is 5.92 Å². The highest BCUT2D eigenvalue weighted by molar-refractivity contribution is 5.81. The monoisotopic (exact) mass is 434 g/mol. The number of anilines is 3. The molecule has 5 rings (SSSR count). The molecular formula is C24H24F2N6. The number of hydrogen-bond donors (Lipinski definition) is 2. The fraction of sp³-hybridized carbons (Fsp3) is 0.250. The van der Waals surface area contributed by atoms with Crippen molar-refractivity contribution in [3.63, 3.8) is 0 Å². The normalized spacial score (nSPS) is 15.3. The standard InChI is InChI=1S/C24H24F2N6/c1-31-13-15-32(16-14-31)19-9-7-18(8-10-19)28-23-29-21(20-11-12-27-22(20)30-23)24(25,26)17-5-3-2-4-6-17/h2-12H,13-16H2,1H3,(H2,27,28,29,30). The van der Waals surface area contributed by atoms with Crippen molar-refractivity contribution in [3.8, 4) is 0 Å². The Labute approximate surface area is 184 Å². The fourth-order valence-electron chi connectivity index (χ4n) is 3.97. The molecule has 1 fully saturated rings. The van der Waals surface area contributed by atoms with Gasteiger partial charge < -0.3 is 20.1 Å². The minimum atomic E-state index is -3.26. The van der Waals surface area contributed by atoms with Gasteiger partial charge in [-0.05, 0) is 37.4 Å². The first-order valence-electron chi connectivity index (χ1n) is 10.6. The molecule has 6 nitrogen and oxygen atoms in total. The fourth-order valence-corrected chi connectivity index (χ4v) is 3.97. The van der Waals surface area contributed by atoms with E-state index in [0.29, 0.717) is 11.0 Å². The summed E-state index contributed by atoms with van der Waals surface area (Å²) in [5.41, 5.74) is 1.81. The number of nitrogens with one attached hydrogen (secondary N) is 2. The summed E-state index contributed by atoms with van der Waals surface area (Å²) < 4.78 is 30.7. The van der Waals surface area contributed by atoms with Gasteiger partial charge in [0.1, 0.15) is 11.3 Å². The van der Waals surface area contributed by atoms with Crippen molar-refractivity contribution < 1.29 is 8.78 Å². The molecule has 2 aromatic heterocycles. The van der Waals surface area contributed by atoms with Crippen molar-refractivity contribution in [3.05, 3.63) is 78.1 Å². The minimum absolute atomic E-state index is 0.108. The molecule has 4 aromatic rings. The van der Waals surface area contributed by atoms with Crippen LogP contribution in [0.15, 0.2) is 66.9 Å². The lowest BCUT2D eigenvalue weighted by atomic mass is 10.0. The van der Waals surface area contributed by atoms with E-state index in [4.69, 9.17) is 0 Å². The zero-order chi connectivity index (χ0) is 22.1. The predicted octanol–water partition coefficient (Wildman–Crippen LogP) is 4.59. The van der Waals surface area contributed by atoms with Gasteiger partial charge in [-0.25, -0.2) is 4.98 Å². The summed E-state index contributed by atoms with van der Waals surface area (Å²) in [6.45, 7) is 4.02. The lowest BCUT2D eigenvalue weighted by molar-refractivity contribution is 0.0398. The second-order valence-corrected chi connectivity index (χ2v) is 8.04. The number of nitrogens with zero attached hydrogens (tertiary/aromatic N) is 4. The summed E-state index contributed by atoms with van der Waals surface area (Å²) in [5, 5.41) is 3.39. The first-order chi connectivity index (χ1) is 15.5. The molecule has 0 bridgehead atoms. The molecule has 1 aliphatic rings. The van der Waals surface area contributed by atoms with E-state index in [1.807, 2.05) is 24.3 Å². The van der Waals surface area contributed by atoms with E-state index in [9.17, 15) is 0 Å². The molecule has 32 heavy (non-hydrogen) atoms. The number of alkyl halides is 2. The number of halogens is 2. The van der Waals surface area contributed by atoms with Gasteiger partial charge in [-0.15, -0.1) is 0 Å². The molecule has 1 aliphatic heterocycles. The molecule has 164 valence electrons. The van der Waals surface area contributed by atoms with Crippen LogP contribution < -0.4 is 10.2 Å². The Kier molecular flexibility index (Phi) is 5.22. The molecule has 0 radical (unpaired) electrons. The zero-order valence-corrected chi connectivity index (χ0v) is 17.7. The van der Waals surface area contributed by atoms with E-state index in [-0.39, 0.29) is 17.2 Å². The van der Waals surface area contributed by atoms with Crippen LogP contribution in [0.25, 0.3) is 11.0 Å². The van der Waals surface area contributed by atoms with Crippen LogP contribution in [0.1, 0.15) is 11.3 Å². The van der Waals surface area contributed by atoms with Gasteiger partial charge in [0.15, 0.2) is 0 Å². The number of hydrogen-bond acceptors (Lipinski definition) is 5. The number of H-pyrrole nitrogens is 1. The second kappa shape index (κ2) is 8.20. The van der Waals surface area contributed by atoms with Gasteiger partial charge in [-0.2, -0.15) is 13.8 Å². The first kappa shape index (κ1) is 20.4. The molecule has 2 aromatic carbocycles. The minimum Gasteiger partial charge on any atom is -0.369 e. The maximum absolute atomic E-state index is 15.4. The van der Waals surface area contributed by atoms with Gasteiger partial charge in [0.05, 0.1) is 0 Å². The van der Waals surface area contributed by atoms with Crippen LogP contribution in [0.2, 0.25) is 0 Å². The molecule has 0 amide bonds. The molecule has 1 saturated heterocycles. The third kappa shape index (κ3) is 3.89. The zero-order valence-electron chi connectivity index (χ0n) is 17.7. The Balaban J connectivity index is 1.43. The van der Waals surface area contributed by atoms with E-state index in [1.54, 1.807) is 30.5 Å². The second-order valence-electron chi connectivity index (χ2n) is 8.04. The van der Waals surface area contributed by atoms with Crippen molar-refractivity contribution in [1.82, 2.24) is 19.9 Å². The van der Waals surface area contributed by atoms with E-state index >= 15 is 8.78 Å². The Bertz CT molecular complexity index is 1200. The molecule has 0 unspecified atom stereocenters. The number of aromatic amines is 1. The quantitative estimate of drug-likeness (QED) is 0.481. The molecule has 8 heteroatoms. The van der Waals surface area contributed by atoms with Gasteiger partial charge in [0.25, 0.3) is 0 Å². The first-order valence-corrected chi connectivity index (χ1v) is 10.6. The summed E-state index contributed by atoms with van der Waals surface area (Å²) in [4.78, 5) is 16.2. The highest BCUT2D eigenvalue weighted by atomic mass is 19.3. The summed E-state index contributed by atoms with van der Waals surface area (Å²) >= 11 is 0. The van der Waals surface area contributed by atoms with E-state index in [0.717, 1.165) is 37.6 Å². The molecule has 3 heterocycles. The molecular weight excluding hydrogens is 410 g/mol. The van der Waals surface area contributed by atoms with Crippen molar-refractivity contribution in [2.75, 3.05) is 43.4 Å². The van der Waals surface area contributed by atoms with Gasteiger partial charge in [0.2, 0.25) is 5.95 Å².